The van der Waals surface area contributed by atoms with Crippen LogP contribution in [0.2, 0.25) is 0 Å². The van der Waals surface area contributed by atoms with Gasteiger partial charge in [0.15, 0.2) is 11.6 Å². The van der Waals surface area contributed by atoms with E-state index in [1.54, 1.807) is 42.0 Å². The Morgan fingerprint density at radius 1 is 1.14 bits per heavy atom. The normalized spacial score (nSPS) is 11.4. The van der Waals surface area contributed by atoms with E-state index in [9.17, 15) is 18.0 Å². The first kappa shape index (κ1) is 19.0. The lowest BCUT2D eigenvalue weighted by molar-refractivity contribution is 0.100. The first-order chi connectivity index (χ1) is 13.9. The van der Waals surface area contributed by atoms with E-state index in [-0.39, 0.29) is 12.1 Å². The van der Waals surface area contributed by atoms with Gasteiger partial charge in [0.1, 0.15) is 5.82 Å². The summed E-state index contributed by atoms with van der Waals surface area (Å²) in [6.45, 7) is 0.0290. The van der Waals surface area contributed by atoms with Crippen LogP contribution in [0.1, 0.15) is 21.5 Å². The Labute approximate surface area is 164 Å². The number of nitrogens with two attached hydrogens (primary N) is 1. The number of fused-ring (bicyclic) bond motifs is 3. The van der Waals surface area contributed by atoms with Crippen molar-refractivity contribution >= 4 is 27.7 Å². The Hall–Kier alpha value is -3.32. The molecule has 0 bridgehead atoms. The van der Waals surface area contributed by atoms with E-state index in [1.165, 1.54) is 0 Å². The lowest BCUT2D eigenvalue weighted by atomic mass is 10.0. The Morgan fingerprint density at radius 2 is 1.90 bits per heavy atom. The second-order valence-electron chi connectivity index (χ2n) is 6.67. The average Bonchev–Trinajstić information content (AvgIpc) is 3.01. The van der Waals surface area contributed by atoms with Gasteiger partial charge in [-0.1, -0.05) is 6.07 Å². The minimum Gasteiger partial charge on any atom is -0.380 e. The van der Waals surface area contributed by atoms with E-state index in [1.807, 2.05) is 0 Å². The van der Waals surface area contributed by atoms with Crippen LogP contribution in [0.3, 0.4) is 0 Å². The smallest absolute Gasteiger partial charge is 0.249 e. The number of ether oxygens (including phenoxy) is 1. The third kappa shape index (κ3) is 3.13. The second kappa shape index (κ2) is 7.25. The summed E-state index contributed by atoms with van der Waals surface area (Å²) in [6.07, 6.45) is 0. The molecule has 1 radical (unpaired) electrons. The van der Waals surface area contributed by atoms with Gasteiger partial charge in [0.05, 0.1) is 24.2 Å². The Kier molecular flexibility index (Phi) is 4.76. The van der Waals surface area contributed by atoms with Gasteiger partial charge < -0.3 is 15.0 Å². The predicted molar refractivity (Wildman–Crippen MR) is 103 cm³/mol. The number of rotatable bonds is 5. The lowest BCUT2D eigenvalue weighted by Crippen LogP contribution is -2.11. The molecular formula is C22H16F3N2O2. The highest BCUT2D eigenvalue weighted by atomic mass is 19.2. The Morgan fingerprint density at radius 3 is 2.62 bits per heavy atom. The molecule has 0 fully saturated rings. The maximum atomic E-state index is 14.3. The Balaban J connectivity index is 2.06. The largest absolute Gasteiger partial charge is 0.380 e. The van der Waals surface area contributed by atoms with Gasteiger partial charge in [0, 0.05) is 29.0 Å². The topological polar surface area (TPSA) is 57.2 Å². The molecule has 1 amide bonds. The molecule has 147 valence electrons. The lowest BCUT2D eigenvalue weighted by Gasteiger charge is -2.11. The van der Waals surface area contributed by atoms with Gasteiger partial charge in [-0.3, -0.25) is 4.79 Å². The molecule has 1 aromatic heterocycles. The van der Waals surface area contributed by atoms with Crippen LogP contribution in [0, 0.1) is 23.5 Å². The molecule has 0 aliphatic heterocycles. The maximum absolute atomic E-state index is 14.3. The zero-order valence-electron chi connectivity index (χ0n) is 15.4. The second-order valence-corrected chi connectivity index (χ2v) is 6.67. The van der Waals surface area contributed by atoms with E-state index in [2.05, 4.69) is 6.07 Å². The van der Waals surface area contributed by atoms with Gasteiger partial charge in [0.25, 0.3) is 0 Å². The molecule has 0 saturated carbocycles. The highest BCUT2D eigenvalue weighted by Gasteiger charge is 2.20. The highest BCUT2D eigenvalue weighted by Crippen LogP contribution is 2.33. The molecular weight excluding hydrogens is 381 g/mol. The predicted octanol–water partition coefficient (Wildman–Crippen LogP) is 4.31. The van der Waals surface area contributed by atoms with Crippen LogP contribution < -0.4 is 5.73 Å². The molecule has 29 heavy (non-hydrogen) atoms. The molecule has 0 spiro atoms. The number of primary amides is 1. The van der Waals surface area contributed by atoms with E-state index < -0.39 is 28.9 Å². The summed E-state index contributed by atoms with van der Waals surface area (Å²) < 4.78 is 49.1. The summed E-state index contributed by atoms with van der Waals surface area (Å²) in [7, 11) is 1.54. The van der Waals surface area contributed by atoms with Crippen LogP contribution in [0.25, 0.3) is 21.8 Å². The quantitative estimate of drug-likeness (QED) is 0.511. The van der Waals surface area contributed by atoms with Gasteiger partial charge >= 0.3 is 0 Å². The number of hydrogen-bond donors (Lipinski definition) is 1. The standard InChI is InChI=1S/C22H16F3N2O2/c1-29-11-12-5-6-13-19(9-12)27(10-15-16(23)7-8-17(24)21(15)25)18-4-2-3-14(20(13)18)22(26)28/h2-5,7-9H,10-11H2,1H3,(H2,26,28). The molecule has 0 atom stereocenters. The fourth-order valence-electron chi connectivity index (χ4n) is 3.60. The Bertz CT molecular complexity index is 1260. The summed E-state index contributed by atoms with van der Waals surface area (Å²) in [5.74, 6) is -3.87. The molecule has 4 nitrogen and oxygen atoms in total. The van der Waals surface area contributed by atoms with Crippen molar-refractivity contribution in [2.75, 3.05) is 7.11 Å². The molecule has 7 heteroatoms. The molecule has 0 aliphatic carbocycles. The molecule has 4 rings (SSSR count). The van der Waals surface area contributed by atoms with Crippen LogP contribution in [-0.4, -0.2) is 17.6 Å². The number of halogens is 3. The molecule has 0 unspecified atom stereocenters. The summed E-state index contributed by atoms with van der Waals surface area (Å²) in [5, 5.41) is 1.10. The molecule has 2 N–H and O–H groups in total. The summed E-state index contributed by atoms with van der Waals surface area (Å²) in [4.78, 5) is 12.0. The van der Waals surface area contributed by atoms with Crippen molar-refractivity contribution in [2.24, 2.45) is 5.73 Å². The zero-order chi connectivity index (χ0) is 20.7. The van der Waals surface area contributed by atoms with Crippen LogP contribution >= 0.6 is 0 Å². The number of amides is 1. The van der Waals surface area contributed by atoms with Gasteiger partial charge in [-0.25, -0.2) is 13.2 Å². The van der Waals surface area contributed by atoms with Crippen molar-refractivity contribution in [3.05, 3.63) is 82.7 Å². The highest BCUT2D eigenvalue weighted by molar-refractivity contribution is 6.17. The summed E-state index contributed by atoms with van der Waals surface area (Å²) in [6, 6.07) is 13.2. The van der Waals surface area contributed by atoms with E-state index in [0.29, 0.717) is 28.4 Å². The van der Waals surface area contributed by atoms with E-state index in [0.717, 1.165) is 17.7 Å². The van der Waals surface area contributed by atoms with Crippen molar-refractivity contribution in [1.29, 1.82) is 0 Å². The van der Waals surface area contributed by atoms with Crippen molar-refractivity contribution in [2.45, 2.75) is 13.2 Å². The fourth-order valence-corrected chi connectivity index (χ4v) is 3.60. The molecule has 1 heterocycles. The maximum Gasteiger partial charge on any atom is 0.249 e. The number of carbonyl (C=O) groups excluding carboxylic acids is 1. The number of benzene rings is 3. The number of carbonyl (C=O) groups is 1. The first-order valence-electron chi connectivity index (χ1n) is 8.79. The van der Waals surface area contributed by atoms with Gasteiger partial charge in [-0.2, -0.15) is 0 Å². The van der Waals surface area contributed by atoms with Crippen molar-refractivity contribution in [1.82, 2.24) is 4.57 Å². The van der Waals surface area contributed by atoms with Crippen LogP contribution in [0.15, 0.2) is 42.5 Å². The third-order valence-corrected chi connectivity index (χ3v) is 4.89. The summed E-state index contributed by atoms with van der Waals surface area (Å²) >= 11 is 0. The number of aromatic nitrogens is 1. The molecule has 0 aliphatic rings. The minimum absolute atomic E-state index is 0.266. The van der Waals surface area contributed by atoms with Gasteiger partial charge in [-0.05, 0) is 48.0 Å². The van der Waals surface area contributed by atoms with Crippen molar-refractivity contribution in [3.8, 4) is 0 Å². The zero-order valence-corrected chi connectivity index (χ0v) is 15.4. The van der Waals surface area contributed by atoms with Crippen LogP contribution in [0.5, 0.6) is 0 Å². The number of methoxy groups -OCH3 is 1. The van der Waals surface area contributed by atoms with Crippen LogP contribution in [0.4, 0.5) is 13.2 Å². The first-order valence-corrected chi connectivity index (χ1v) is 8.79. The van der Waals surface area contributed by atoms with E-state index >= 15 is 0 Å². The van der Waals surface area contributed by atoms with Crippen molar-refractivity contribution < 1.29 is 22.7 Å². The molecule has 0 saturated heterocycles. The molecule has 3 aromatic carbocycles. The fraction of sp³-hybridized carbons (Fsp3) is 0.136. The SMILES string of the molecule is COCc1c[c]c2c3c(C(N)=O)cccc3n(Cc3c(F)ccc(F)c3F)c2c1. The average molecular weight is 397 g/mol. The van der Waals surface area contributed by atoms with E-state index in [4.69, 9.17) is 10.5 Å². The minimum atomic E-state index is -1.25. The number of nitrogens with zero attached hydrogens (tertiary/aromatic N) is 1. The monoisotopic (exact) mass is 397 g/mol. The van der Waals surface area contributed by atoms with Gasteiger partial charge in [-0.15, -0.1) is 0 Å². The van der Waals surface area contributed by atoms with Gasteiger partial charge in [0.2, 0.25) is 5.91 Å². The van der Waals surface area contributed by atoms with Crippen molar-refractivity contribution in [3.63, 3.8) is 0 Å². The number of hydrogen-bond acceptors (Lipinski definition) is 2. The summed E-state index contributed by atoms with van der Waals surface area (Å²) in [5.41, 5.74) is 7.27. The third-order valence-electron chi connectivity index (χ3n) is 4.89. The van der Waals surface area contributed by atoms with Crippen LogP contribution in [-0.2, 0) is 17.9 Å². The molecule has 4 aromatic rings.